The lowest BCUT2D eigenvalue weighted by Gasteiger charge is -2.32. The van der Waals surface area contributed by atoms with Crippen molar-refractivity contribution in [2.75, 3.05) is 26.2 Å². The molecule has 0 spiro atoms. The van der Waals surface area contributed by atoms with Gasteiger partial charge in [0.05, 0.1) is 0 Å². The van der Waals surface area contributed by atoms with Crippen molar-refractivity contribution in [2.24, 2.45) is 0 Å². The molecule has 27 heavy (non-hydrogen) atoms. The number of likely N-dealkylation sites (tertiary alicyclic amines) is 2. The number of phenolic OH excluding ortho intramolecular Hbond substituents is 1. The third kappa shape index (κ3) is 4.33. The second-order valence-corrected chi connectivity index (χ2v) is 7.84. The molecule has 0 radical (unpaired) electrons. The molecule has 4 heteroatoms. The van der Waals surface area contributed by atoms with E-state index in [0.29, 0.717) is 11.7 Å². The molecule has 2 aromatic rings. The van der Waals surface area contributed by atoms with Crippen LogP contribution in [0.25, 0.3) is 0 Å². The Morgan fingerprint density at radius 1 is 0.963 bits per heavy atom. The molecule has 4 nitrogen and oxygen atoms in total. The molecule has 0 atom stereocenters. The number of hydrogen-bond acceptors (Lipinski definition) is 3. The van der Waals surface area contributed by atoms with Gasteiger partial charge in [0.25, 0.3) is 5.91 Å². The average molecular weight is 364 g/mol. The maximum atomic E-state index is 12.8. The summed E-state index contributed by atoms with van der Waals surface area (Å²) in [6, 6.07) is 15.7. The van der Waals surface area contributed by atoms with Gasteiger partial charge < -0.3 is 10.0 Å². The lowest BCUT2D eigenvalue weighted by molar-refractivity contribution is 0.0713. The lowest BCUT2D eigenvalue weighted by Crippen LogP contribution is -2.37. The molecule has 4 rings (SSSR count). The van der Waals surface area contributed by atoms with Gasteiger partial charge in [-0.05, 0) is 80.1 Å². The summed E-state index contributed by atoms with van der Waals surface area (Å²) in [6.45, 7) is 4.91. The first-order valence-corrected chi connectivity index (χ1v) is 10.1. The number of carbonyl (C=O) groups is 1. The Kier molecular flexibility index (Phi) is 5.44. The second kappa shape index (κ2) is 8.13. The molecular formula is C23H28N2O2. The third-order valence-electron chi connectivity index (χ3n) is 5.93. The molecule has 0 bridgehead atoms. The van der Waals surface area contributed by atoms with Crippen LogP contribution in [-0.2, 0) is 6.54 Å². The van der Waals surface area contributed by atoms with Crippen molar-refractivity contribution in [2.45, 2.75) is 38.1 Å². The summed E-state index contributed by atoms with van der Waals surface area (Å²) in [4.78, 5) is 17.3. The van der Waals surface area contributed by atoms with Crippen molar-refractivity contribution in [3.63, 3.8) is 0 Å². The van der Waals surface area contributed by atoms with E-state index in [1.54, 1.807) is 6.07 Å². The van der Waals surface area contributed by atoms with E-state index in [0.717, 1.165) is 38.0 Å². The molecule has 142 valence electrons. The molecule has 2 heterocycles. The fourth-order valence-electron chi connectivity index (χ4n) is 4.33. The number of phenols is 1. The molecule has 2 aliphatic heterocycles. The summed E-state index contributed by atoms with van der Waals surface area (Å²) in [5, 5.41) is 9.68. The first kappa shape index (κ1) is 18.1. The number of amides is 1. The number of aromatic hydroxyl groups is 1. The highest BCUT2D eigenvalue weighted by Crippen LogP contribution is 2.30. The minimum atomic E-state index is 0.136. The van der Waals surface area contributed by atoms with Crippen LogP contribution < -0.4 is 0 Å². The van der Waals surface area contributed by atoms with Crippen molar-refractivity contribution in [3.8, 4) is 5.75 Å². The van der Waals surface area contributed by atoms with Crippen LogP contribution >= 0.6 is 0 Å². The first-order valence-electron chi connectivity index (χ1n) is 10.1. The smallest absolute Gasteiger partial charge is 0.253 e. The van der Waals surface area contributed by atoms with Crippen molar-refractivity contribution in [1.82, 2.24) is 9.80 Å². The van der Waals surface area contributed by atoms with Crippen LogP contribution in [0.3, 0.4) is 0 Å². The van der Waals surface area contributed by atoms with Crippen LogP contribution in [0, 0.1) is 0 Å². The number of rotatable bonds is 4. The van der Waals surface area contributed by atoms with E-state index in [9.17, 15) is 9.90 Å². The predicted molar refractivity (Wildman–Crippen MR) is 107 cm³/mol. The fraction of sp³-hybridized carbons (Fsp3) is 0.435. The molecule has 0 aromatic heterocycles. The summed E-state index contributed by atoms with van der Waals surface area (Å²) >= 11 is 0. The van der Waals surface area contributed by atoms with E-state index in [-0.39, 0.29) is 5.91 Å². The van der Waals surface area contributed by atoms with Crippen molar-refractivity contribution in [3.05, 3.63) is 65.2 Å². The number of carbonyl (C=O) groups excluding carboxylic acids is 1. The van der Waals surface area contributed by atoms with E-state index in [1.807, 2.05) is 29.2 Å². The van der Waals surface area contributed by atoms with Crippen molar-refractivity contribution >= 4 is 5.91 Å². The van der Waals surface area contributed by atoms with E-state index in [1.165, 1.54) is 37.1 Å². The minimum absolute atomic E-state index is 0.136. The highest BCUT2D eigenvalue weighted by molar-refractivity contribution is 5.94. The van der Waals surface area contributed by atoms with Crippen LogP contribution in [0.2, 0.25) is 0 Å². The number of benzene rings is 2. The Hall–Kier alpha value is -2.33. The van der Waals surface area contributed by atoms with E-state index in [4.69, 9.17) is 0 Å². The first-order chi connectivity index (χ1) is 13.2. The van der Waals surface area contributed by atoms with E-state index in [2.05, 4.69) is 23.1 Å². The zero-order valence-electron chi connectivity index (χ0n) is 15.8. The molecular weight excluding hydrogens is 336 g/mol. The summed E-state index contributed by atoms with van der Waals surface area (Å²) in [5.74, 6) is 0.876. The SMILES string of the molecule is O=C(c1ccc(CN2CCCC2)cc1)N1CCC(c2cccc(O)c2)CC1. The normalized spacial score (nSPS) is 18.7. The van der Waals surface area contributed by atoms with Crippen LogP contribution in [0.1, 0.15) is 53.1 Å². The zero-order chi connectivity index (χ0) is 18.6. The van der Waals surface area contributed by atoms with Gasteiger partial charge >= 0.3 is 0 Å². The largest absolute Gasteiger partial charge is 0.508 e. The topological polar surface area (TPSA) is 43.8 Å². The standard InChI is InChI=1S/C23H28N2O2/c26-22-5-3-4-21(16-22)19-10-14-25(15-11-19)23(27)20-8-6-18(7-9-20)17-24-12-1-2-13-24/h3-9,16,19,26H,1-2,10-15,17H2. The van der Waals surface area contributed by atoms with Gasteiger partial charge in [-0.25, -0.2) is 0 Å². The van der Waals surface area contributed by atoms with E-state index >= 15 is 0 Å². The summed E-state index contributed by atoms with van der Waals surface area (Å²) < 4.78 is 0. The number of piperidine rings is 1. The predicted octanol–water partition coefficient (Wildman–Crippen LogP) is 4.01. The summed E-state index contributed by atoms with van der Waals surface area (Å²) in [6.07, 6.45) is 4.49. The summed E-state index contributed by atoms with van der Waals surface area (Å²) in [5.41, 5.74) is 3.25. The number of hydrogen-bond donors (Lipinski definition) is 1. The van der Waals surface area contributed by atoms with Gasteiger partial charge in [-0.1, -0.05) is 24.3 Å². The van der Waals surface area contributed by atoms with Crippen LogP contribution in [0.4, 0.5) is 0 Å². The summed E-state index contributed by atoms with van der Waals surface area (Å²) in [7, 11) is 0. The van der Waals surface area contributed by atoms with Gasteiger partial charge in [0.1, 0.15) is 5.75 Å². The Bertz CT molecular complexity index is 773. The van der Waals surface area contributed by atoms with Crippen molar-refractivity contribution < 1.29 is 9.90 Å². The minimum Gasteiger partial charge on any atom is -0.508 e. The average Bonchev–Trinajstić information content (AvgIpc) is 3.21. The zero-order valence-corrected chi connectivity index (χ0v) is 15.8. The molecule has 0 unspecified atom stereocenters. The van der Waals surface area contributed by atoms with E-state index < -0.39 is 0 Å². The lowest BCUT2D eigenvalue weighted by atomic mass is 9.89. The van der Waals surface area contributed by atoms with Crippen LogP contribution in [-0.4, -0.2) is 47.0 Å². The third-order valence-corrected chi connectivity index (χ3v) is 5.93. The molecule has 0 aliphatic carbocycles. The maximum Gasteiger partial charge on any atom is 0.253 e. The van der Waals surface area contributed by atoms with Crippen LogP contribution in [0.5, 0.6) is 5.75 Å². The molecule has 2 saturated heterocycles. The Balaban J connectivity index is 1.33. The second-order valence-electron chi connectivity index (χ2n) is 7.84. The number of nitrogens with zero attached hydrogens (tertiary/aromatic N) is 2. The Labute approximate surface area is 161 Å². The Morgan fingerprint density at radius 3 is 2.33 bits per heavy atom. The monoisotopic (exact) mass is 364 g/mol. The van der Waals surface area contributed by atoms with Gasteiger partial charge in [0.2, 0.25) is 0 Å². The molecule has 1 amide bonds. The highest BCUT2D eigenvalue weighted by atomic mass is 16.3. The van der Waals surface area contributed by atoms with Crippen molar-refractivity contribution in [1.29, 1.82) is 0 Å². The maximum absolute atomic E-state index is 12.8. The fourth-order valence-corrected chi connectivity index (χ4v) is 4.33. The van der Waals surface area contributed by atoms with Gasteiger partial charge in [-0.15, -0.1) is 0 Å². The quantitative estimate of drug-likeness (QED) is 0.891. The highest BCUT2D eigenvalue weighted by Gasteiger charge is 2.24. The van der Waals surface area contributed by atoms with Crippen LogP contribution in [0.15, 0.2) is 48.5 Å². The molecule has 2 aromatic carbocycles. The molecule has 2 aliphatic rings. The van der Waals surface area contributed by atoms with Gasteiger partial charge in [0, 0.05) is 25.2 Å². The van der Waals surface area contributed by atoms with Gasteiger partial charge in [-0.3, -0.25) is 9.69 Å². The molecule has 0 saturated carbocycles. The van der Waals surface area contributed by atoms with Gasteiger partial charge in [-0.2, -0.15) is 0 Å². The molecule has 1 N–H and O–H groups in total. The Morgan fingerprint density at radius 2 is 1.67 bits per heavy atom. The molecule has 2 fully saturated rings. The van der Waals surface area contributed by atoms with Gasteiger partial charge in [0.15, 0.2) is 0 Å².